The minimum atomic E-state index is -0.336. The van der Waals surface area contributed by atoms with Gasteiger partial charge in [-0.05, 0) is 13.0 Å². The van der Waals surface area contributed by atoms with E-state index in [9.17, 15) is 4.79 Å². The fourth-order valence-corrected chi connectivity index (χ4v) is 1.85. The maximum absolute atomic E-state index is 11.9. The third kappa shape index (κ3) is 1.90. The quantitative estimate of drug-likeness (QED) is 0.773. The Morgan fingerprint density at radius 2 is 2.18 bits per heavy atom. The van der Waals surface area contributed by atoms with Crippen molar-refractivity contribution < 1.29 is 14.0 Å². The van der Waals surface area contributed by atoms with Gasteiger partial charge in [0.25, 0.3) is 0 Å². The van der Waals surface area contributed by atoms with Crippen LogP contribution in [0.15, 0.2) is 22.6 Å². The predicted molar refractivity (Wildman–Crippen MR) is 65.1 cm³/mol. The van der Waals surface area contributed by atoms with Crippen molar-refractivity contribution in [2.24, 2.45) is 0 Å². The zero-order chi connectivity index (χ0) is 12.6. The number of furan rings is 1. The number of halogens is 1. The van der Waals surface area contributed by atoms with Crippen LogP contribution in [0.4, 0.5) is 0 Å². The topological polar surface area (TPSA) is 42.7 Å². The highest BCUT2D eigenvalue weighted by Gasteiger charge is 2.21. The maximum Gasteiger partial charge on any atom is 0.313 e. The van der Waals surface area contributed by atoms with Crippen LogP contribution in [0.2, 0.25) is 5.02 Å². The summed E-state index contributed by atoms with van der Waals surface area (Å²) >= 11 is 6.01. The molecule has 0 saturated carbocycles. The van der Waals surface area contributed by atoms with Gasteiger partial charge in [0.05, 0.1) is 12.1 Å². The summed E-state index contributed by atoms with van der Waals surface area (Å²) < 4.78 is 5.51. The molecule has 1 amide bonds. The smallest absolute Gasteiger partial charge is 0.313 e. The molecule has 0 bridgehead atoms. The van der Waals surface area contributed by atoms with E-state index in [1.54, 1.807) is 6.07 Å². The van der Waals surface area contributed by atoms with Crippen LogP contribution in [-0.4, -0.2) is 25.1 Å². The first kappa shape index (κ1) is 12.0. The first-order valence-corrected chi connectivity index (χ1v) is 5.43. The average Bonchev–Trinajstić information content (AvgIpc) is 2.67. The molecule has 90 valence electrons. The summed E-state index contributed by atoms with van der Waals surface area (Å²) in [5.41, 5.74) is 1.29. The van der Waals surface area contributed by atoms with Gasteiger partial charge in [0.1, 0.15) is 0 Å². The number of hydroxylamine groups is 2. The molecule has 17 heavy (non-hydrogen) atoms. The minimum absolute atomic E-state index is 0.248. The van der Waals surface area contributed by atoms with Crippen molar-refractivity contribution in [1.29, 1.82) is 0 Å². The summed E-state index contributed by atoms with van der Waals surface area (Å²) in [6.45, 7) is 1.82. The Labute approximate surface area is 104 Å². The lowest BCUT2D eigenvalue weighted by atomic mass is 10.1. The van der Waals surface area contributed by atoms with Gasteiger partial charge in [0.2, 0.25) is 0 Å². The summed E-state index contributed by atoms with van der Waals surface area (Å²) in [5.74, 6) is -0.0882. The first-order chi connectivity index (χ1) is 8.06. The zero-order valence-corrected chi connectivity index (χ0v) is 10.5. The fraction of sp³-hybridized carbons (Fsp3) is 0.250. The van der Waals surface area contributed by atoms with E-state index in [1.807, 2.05) is 19.1 Å². The minimum Gasteiger partial charge on any atom is -0.449 e. The van der Waals surface area contributed by atoms with E-state index in [1.165, 1.54) is 14.2 Å². The van der Waals surface area contributed by atoms with Crippen LogP contribution >= 0.6 is 11.6 Å². The van der Waals surface area contributed by atoms with Gasteiger partial charge >= 0.3 is 5.91 Å². The second-order valence-corrected chi connectivity index (χ2v) is 4.07. The molecule has 2 rings (SSSR count). The van der Waals surface area contributed by atoms with E-state index >= 15 is 0 Å². The standard InChI is InChI=1S/C12H12ClNO3/c1-7-8-5-4-6-9(13)11(8)17-10(7)12(15)14(2)16-3/h4-6H,1-3H3. The Kier molecular flexibility index (Phi) is 3.09. The molecule has 0 spiro atoms. The van der Waals surface area contributed by atoms with Crippen molar-refractivity contribution >= 4 is 28.5 Å². The highest BCUT2D eigenvalue weighted by Crippen LogP contribution is 2.31. The lowest BCUT2D eigenvalue weighted by Crippen LogP contribution is -2.25. The number of benzene rings is 1. The lowest BCUT2D eigenvalue weighted by molar-refractivity contribution is -0.0773. The monoisotopic (exact) mass is 253 g/mol. The molecule has 0 saturated heterocycles. The number of amides is 1. The van der Waals surface area contributed by atoms with Crippen LogP contribution in [0.25, 0.3) is 11.0 Å². The molecule has 0 aliphatic rings. The molecule has 1 aromatic heterocycles. The zero-order valence-electron chi connectivity index (χ0n) is 9.78. The number of para-hydroxylation sites is 1. The van der Waals surface area contributed by atoms with E-state index in [0.29, 0.717) is 10.6 Å². The summed E-state index contributed by atoms with van der Waals surface area (Å²) in [6.07, 6.45) is 0. The van der Waals surface area contributed by atoms with Crippen LogP contribution in [0, 0.1) is 6.92 Å². The highest BCUT2D eigenvalue weighted by molar-refractivity contribution is 6.35. The second kappa shape index (κ2) is 4.39. The van der Waals surface area contributed by atoms with Gasteiger partial charge in [0.15, 0.2) is 11.3 Å². The highest BCUT2D eigenvalue weighted by atomic mass is 35.5. The van der Waals surface area contributed by atoms with Crippen LogP contribution in [0.5, 0.6) is 0 Å². The largest absolute Gasteiger partial charge is 0.449 e. The predicted octanol–water partition coefficient (Wildman–Crippen LogP) is 3.03. The van der Waals surface area contributed by atoms with Gasteiger partial charge in [-0.15, -0.1) is 0 Å². The van der Waals surface area contributed by atoms with Crippen molar-refractivity contribution in [1.82, 2.24) is 5.06 Å². The third-order valence-corrected chi connectivity index (χ3v) is 2.97. The van der Waals surface area contributed by atoms with Gasteiger partial charge < -0.3 is 4.42 Å². The number of carbonyl (C=O) groups is 1. The second-order valence-electron chi connectivity index (χ2n) is 3.66. The molecule has 0 atom stereocenters. The van der Waals surface area contributed by atoms with Crippen LogP contribution in [0.3, 0.4) is 0 Å². The van der Waals surface area contributed by atoms with Crippen molar-refractivity contribution in [3.63, 3.8) is 0 Å². The van der Waals surface area contributed by atoms with Crippen molar-refractivity contribution in [2.75, 3.05) is 14.2 Å². The maximum atomic E-state index is 11.9. The summed E-state index contributed by atoms with van der Waals surface area (Å²) in [5, 5.41) is 2.44. The van der Waals surface area contributed by atoms with E-state index in [-0.39, 0.29) is 11.7 Å². The van der Waals surface area contributed by atoms with E-state index in [2.05, 4.69) is 0 Å². The lowest BCUT2D eigenvalue weighted by Gasteiger charge is -2.11. The molecule has 0 unspecified atom stereocenters. The van der Waals surface area contributed by atoms with E-state index in [0.717, 1.165) is 16.0 Å². The van der Waals surface area contributed by atoms with Crippen LogP contribution in [-0.2, 0) is 4.84 Å². The SMILES string of the molecule is CON(C)C(=O)c1oc2c(Cl)cccc2c1C. The van der Waals surface area contributed by atoms with Gasteiger partial charge in [-0.25, -0.2) is 5.06 Å². The van der Waals surface area contributed by atoms with Gasteiger partial charge in [-0.3, -0.25) is 9.63 Å². The summed E-state index contributed by atoms with van der Waals surface area (Å²) in [4.78, 5) is 16.8. The number of carbonyl (C=O) groups excluding carboxylic acids is 1. The number of hydrogen-bond donors (Lipinski definition) is 0. The van der Waals surface area contributed by atoms with Gasteiger partial charge in [-0.2, -0.15) is 0 Å². The Hall–Kier alpha value is -1.52. The molecule has 0 N–H and O–H groups in total. The average molecular weight is 254 g/mol. The van der Waals surface area contributed by atoms with Crippen molar-refractivity contribution in [2.45, 2.75) is 6.92 Å². The normalized spacial score (nSPS) is 10.8. The van der Waals surface area contributed by atoms with E-state index in [4.69, 9.17) is 20.9 Å². The molecule has 5 heteroatoms. The fourth-order valence-electron chi connectivity index (χ4n) is 1.64. The molecule has 0 aliphatic heterocycles. The molecule has 1 heterocycles. The molecule has 0 fully saturated rings. The number of hydrogen-bond acceptors (Lipinski definition) is 3. The Morgan fingerprint density at radius 3 is 2.76 bits per heavy atom. The van der Waals surface area contributed by atoms with Gasteiger partial charge in [0, 0.05) is 18.0 Å². The molecule has 4 nitrogen and oxygen atoms in total. The number of nitrogens with zero attached hydrogens (tertiary/aromatic N) is 1. The molecule has 1 aromatic carbocycles. The van der Waals surface area contributed by atoms with E-state index < -0.39 is 0 Å². The molecule has 0 aliphatic carbocycles. The Bertz CT molecular complexity index is 576. The van der Waals surface area contributed by atoms with Gasteiger partial charge in [-0.1, -0.05) is 23.7 Å². The van der Waals surface area contributed by atoms with Crippen LogP contribution in [0.1, 0.15) is 16.1 Å². The Balaban J connectivity index is 2.60. The molecular formula is C12H12ClNO3. The number of aryl methyl sites for hydroxylation is 1. The van der Waals surface area contributed by atoms with Crippen molar-refractivity contribution in [3.05, 3.63) is 34.5 Å². The number of rotatable bonds is 2. The number of fused-ring (bicyclic) bond motifs is 1. The van der Waals surface area contributed by atoms with Crippen molar-refractivity contribution in [3.8, 4) is 0 Å². The summed E-state index contributed by atoms with van der Waals surface area (Å²) in [6, 6.07) is 5.41. The molecule has 0 radical (unpaired) electrons. The van der Waals surface area contributed by atoms with Crippen LogP contribution < -0.4 is 0 Å². The summed E-state index contributed by atoms with van der Waals surface area (Å²) in [7, 11) is 2.94. The third-order valence-electron chi connectivity index (χ3n) is 2.67. The molecule has 2 aromatic rings. The Morgan fingerprint density at radius 1 is 1.47 bits per heavy atom. The molecular weight excluding hydrogens is 242 g/mol. The first-order valence-electron chi connectivity index (χ1n) is 5.06.